The molecule has 1 heterocycles. The van der Waals surface area contributed by atoms with Gasteiger partial charge in [0.05, 0.1) is 6.54 Å². The lowest BCUT2D eigenvalue weighted by Crippen LogP contribution is -2.47. The number of likely N-dealkylation sites (N-methyl/N-ethyl adjacent to an activating group) is 1. The number of hydrogen-bond acceptors (Lipinski definition) is 4. The Bertz CT molecular complexity index is 364. The third-order valence-electron chi connectivity index (χ3n) is 3.44. The first kappa shape index (κ1) is 13.4. The zero-order valence-corrected chi connectivity index (χ0v) is 11.5. The molecule has 18 heavy (non-hydrogen) atoms. The van der Waals surface area contributed by atoms with Crippen molar-refractivity contribution in [3.8, 4) is 0 Å². The molecular formula is C12H19N3O2S. The lowest BCUT2D eigenvalue weighted by molar-refractivity contribution is -0.145. The predicted molar refractivity (Wildman–Crippen MR) is 72.5 cm³/mol. The van der Waals surface area contributed by atoms with Gasteiger partial charge < -0.3 is 4.90 Å². The molecule has 1 aliphatic carbocycles. The second-order valence-corrected chi connectivity index (χ2v) is 5.78. The van der Waals surface area contributed by atoms with E-state index in [0.29, 0.717) is 11.7 Å². The molecule has 0 atom stereocenters. The van der Waals surface area contributed by atoms with E-state index in [-0.39, 0.29) is 6.04 Å². The maximum atomic E-state index is 12.0. The van der Waals surface area contributed by atoms with Crippen molar-refractivity contribution in [3.05, 3.63) is 0 Å². The molecule has 0 aromatic heterocycles. The fraction of sp³-hybridized carbons (Fsp3) is 0.750. The van der Waals surface area contributed by atoms with E-state index in [1.807, 2.05) is 0 Å². The summed E-state index contributed by atoms with van der Waals surface area (Å²) in [5, 5.41) is 3.16. The maximum absolute atomic E-state index is 12.0. The van der Waals surface area contributed by atoms with Gasteiger partial charge in [-0.05, 0) is 12.8 Å². The Hall–Kier alpha value is -1.04. The Morgan fingerprint density at radius 1 is 1.33 bits per heavy atom. The average molecular weight is 269 g/mol. The molecule has 0 radical (unpaired) electrons. The highest BCUT2D eigenvalue weighted by atomic mass is 32.2. The number of carbonyl (C=O) groups excluding carboxylic acids is 2. The molecule has 1 fully saturated rings. The molecule has 0 spiro atoms. The summed E-state index contributed by atoms with van der Waals surface area (Å²) in [5.41, 5.74) is 0. The topological polar surface area (TPSA) is 61.8 Å². The van der Waals surface area contributed by atoms with E-state index < -0.39 is 11.8 Å². The van der Waals surface area contributed by atoms with E-state index in [1.165, 1.54) is 18.2 Å². The van der Waals surface area contributed by atoms with Gasteiger partial charge in [0.15, 0.2) is 5.17 Å². The molecule has 2 amide bonds. The lowest BCUT2D eigenvalue weighted by Gasteiger charge is -2.30. The minimum Gasteiger partial charge on any atom is -0.335 e. The predicted octanol–water partition coefficient (Wildman–Crippen LogP) is 0.996. The highest BCUT2D eigenvalue weighted by Gasteiger charge is 2.27. The van der Waals surface area contributed by atoms with Gasteiger partial charge in [0.1, 0.15) is 0 Å². The van der Waals surface area contributed by atoms with E-state index in [1.54, 1.807) is 11.9 Å². The molecule has 0 unspecified atom stereocenters. The largest absolute Gasteiger partial charge is 0.335 e. The van der Waals surface area contributed by atoms with Crippen molar-refractivity contribution in [2.24, 2.45) is 4.99 Å². The number of nitrogens with zero attached hydrogens (tertiary/aromatic N) is 2. The highest BCUT2D eigenvalue weighted by Crippen LogP contribution is 2.21. The second kappa shape index (κ2) is 6.22. The van der Waals surface area contributed by atoms with E-state index in [2.05, 4.69) is 10.3 Å². The average Bonchev–Trinajstić information content (AvgIpc) is 2.91. The van der Waals surface area contributed by atoms with Gasteiger partial charge in [0.25, 0.3) is 0 Å². The number of amidine groups is 1. The number of aliphatic imine (C=N–C) groups is 1. The standard InChI is InChI=1S/C12H19N3O2S/c1-15(9-5-3-2-4-6-9)11(17)10(16)14-12-13-7-8-18-12/h9H,2-8H2,1H3,(H,13,14,16). The SMILES string of the molecule is CN(C(=O)C(=O)NC1=NCCS1)C1CCCCC1. The van der Waals surface area contributed by atoms with Crippen molar-refractivity contribution in [1.82, 2.24) is 10.2 Å². The minimum atomic E-state index is -0.559. The Kier molecular flexibility index (Phi) is 4.63. The summed E-state index contributed by atoms with van der Waals surface area (Å²) in [6.45, 7) is 0.715. The van der Waals surface area contributed by atoms with Crippen LogP contribution in [0.3, 0.4) is 0 Å². The molecule has 1 N–H and O–H groups in total. The molecule has 0 aromatic carbocycles. The monoisotopic (exact) mass is 269 g/mol. The number of hydrogen-bond donors (Lipinski definition) is 1. The van der Waals surface area contributed by atoms with Crippen LogP contribution in [-0.4, -0.2) is 47.3 Å². The first-order valence-electron chi connectivity index (χ1n) is 6.44. The van der Waals surface area contributed by atoms with Crippen LogP contribution in [0.1, 0.15) is 32.1 Å². The van der Waals surface area contributed by atoms with Crippen LogP contribution in [0.25, 0.3) is 0 Å². The van der Waals surface area contributed by atoms with Crippen molar-refractivity contribution in [2.75, 3.05) is 19.3 Å². The summed E-state index contributed by atoms with van der Waals surface area (Å²) in [6.07, 6.45) is 5.54. The number of rotatable bonds is 1. The van der Waals surface area contributed by atoms with Crippen molar-refractivity contribution < 1.29 is 9.59 Å². The molecule has 1 aliphatic heterocycles. The van der Waals surface area contributed by atoms with E-state index in [9.17, 15) is 9.59 Å². The number of nitrogens with one attached hydrogen (secondary N) is 1. The Labute approximate surface area is 111 Å². The first-order valence-corrected chi connectivity index (χ1v) is 7.42. The molecule has 2 aliphatic rings. The third kappa shape index (κ3) is 3.25. The van der Waals surface area contributed by atoms with E-state index in [4.69, 9.17) is 0 Å². The summed E-state index contributed by atoms with van der Waals surface area (Å²) in [4.78, 5) is 29.5. The second-order valence-electron chi connectivity index (χ2n) is 4.70. The maximum Gasteiger partial charge on any atom is 0.315 e. The van der Waals surface area contributed by atoms with Gasteiger partial charge in [-0.25, -0.2) is 0 Å². The van der Waals surface area contributed by atoms with Crippen LogP contribution in [-0.2, 0) is 9.59 Å². The summed E-state index contributed by atoms with van der Waals surface area (Å²) >= 11 is 1.48. The molecule has 5 nitrogen and oxygen atoms in total. The number of carbonyl (C=O) groups is 2. The van der Waals surface area contributed by atoms with Crippen LogP contribution in [0.2, 0.25) is 0 Å². The zero-order valence-electron chi connectivity index (χ0n) is 10.6. The van der Waals surface area contributed by atoms with Crippen LogP contribution < -0.4 is 5.32 Å². The molecule has 0 bridgehead atoms. The lowest BCUT2D eigenvalue weighted by atomic mass is 9.94. The molecule has 1 saturated carbocycles. The quantitative estimate of drug-likeness (QED) is 0.722. The molecular weight excluding hydrogens is 250 g/mol. The van der Waals surface area contributed by atoms with Gasteiger partial charge in [-0.2, -0.15) is 0 Å². The van der Waals surface area contributed by atoms with E-state index >= 15 is 0 Å². The first-order chi connectivity index (χ1) is 8.68. The van der Waals surface area contributed by atoms with Crippen LogP contribution in [0, 0.1) is 0 Å². The van der Waals surface area contributed by atoms with Crippen molar-refractivity contribution in [1.29, 1.82) is 0 Å². The molecule has 2 rings (SSSR count). The Morgan fingerprint density at radius 3 is 2.67 bits per heavy atom. The molecule has 100 valence electrons. The summed E-state index contributed by atoms with van der Waals surface area (Å²) in [5.74, 6) is -0.129. The summed E-state index contributed by atoms with van der Waals surface area (Å²) in [7, 11) is 1.72. The zero-order chi connectivity index (χ0) is 13.0. The molecule has 6 heteroatoms. The molecule has 0 saturated heterocycles. The van der Waals surface area contributed by atoms with Crippen LogP contribution in [0.5, 0.6) is 0 Å². The number of thioether (sulfide) groups is 1. The minimum absolute atomic E-state index is 0.218. The van der Waals surface area contributed by atoms with Crippen molar-refractivity contribution in [3.63, 3.8) is 0 Å². The van der Waals surface area contributed by atoms with Gasteiger partial charge in [-0.3, -0.25) is 19.9 Å². The number of amides is 2. The van der Waals surface area contributed by atoms with Crippen molar-refractivity contribution in [2.45, 2.75) is 38.1 Å². The fourth-order valence-corrected chi connectivity index (χ4v) is 3.08. The Morgan fingerprint density at radius 2 is 2.06 bits per heavy atom. The van der Waals surface area contributed by atoms with Gasteiger partial charge >= 0.3 is 11.8 Å². The van der Waals surface area contributed by atoms with Crippen LogP contribution >= 0.6 is 11.8 Å². The Balaban J connectivity index is 1.86. The van der Waals surface area contributed by atoms with Crippen LogP contribution in [0.15, 0.2) is 4.99 Å². The van der Waals surface area contributed by atoms with E-state index in [0.717, 1.165) is 31.4 Å². The van der Waals surface area contributed by atoms with Gasteiger partial charge in [-0.15, -0.1) is 0 Å². The van der Waals surface area contributed by atoms with Gasteiger partial charge in [0, 0.05) is 18.8 Å². The summed E-state index contributed by atoms with van der Waals surface area (Å²) in [6, 6.07) is 0.218. The third-order valence-corrected chi connectivity index (χ3v) is 4.33. The van der Waals surface area contributed by atoms with Crippen LogP contribution in [0.4, 0.5) is 0 Å². The van der Waals surface area contributed by atoms with Crippen molar-refractivity contribution >= 4 is 28.7 Å². The summed E-state index contributed by atoms with van der Waals surface area (Å²) < 4.78 is 0. The normalized spacial score (nSPS) is 20.4. The molecule has 0 aromatic rings. The van der Waals surface area contributed by atoms with Gasteiger partial charge in [-0.1, -0.05) is 31.0 Å². The highest BCUT2D eigenvalue weighted by molar-refractivity contribution is 8.14. The smallest absolute Gasteiger partial charge is 0.315 e. The van der Waals surface area contributed by atoms with Gasteiger partial charge in [0.2, 0.25) is 0 Å². The fourth-order valence-electron chi connectivity index (χ4n) is 2.36.